The summed E-state index contributed by atoms with van der Waals surface area (Å²) in [5, 5.41) is 18.3. The van der Waals surface area contributed by atoms with Gasteiger partial charge in [0.15, 0.2) is 11.6 Å². The molecule has 1 fully saturated rings. The van der Waals surface area contributed by atoms with E-state index in [1.165, 1.54) is 6.08 Å². The van der Waals surface area contributed by atoms with Crippen molar-refractivity contribution in [3.05, 3.63) is 72.7 Å². The monoisotopic (exact) mass is 522 g/mol. The van der Waals surface area contributed by atoms with Crippen molar-refractivity contribution in [2.45, 2.75) is 12.5 Å². The number of aromatic nitrogens is 2. The lowest BCUT2D eigenvalue weighted by Crippen LogP contribution is -2.22. The summed E-state index contributed by atoms with van der Waals surface area (Å²) >= 11 is 0. The number of benzene rings is 2. The first-order chi connectivity index (χ1) is 18.5. The molecule has 3 aromatic rings. The largest absolute Gasteiger partial charge is 0.491 e. The van der Waals surface area contributed by atoms with E-state index in [0.29, 0.717) is 49.1 Å². The van der Waals surface area contributed by atoms with Crippen molar-refractivity contribution in [1.82, 2.24) is 14.9 Å². The lowest BCUT2D eigenvalue weighted by Gasteiger charge is -2.12. The van der Waals surface area contributed by atoms with Crippen LogP contribution >= 0.6 is 0 Å². The second-order valence-electron chi connectivity index (χ2n) is 8.68. The molecule has 0 saturated carbocycles. The van der Waals surface area contributed by atoms with Crippen molar-refractivity contribution < 1.29 is 23.8 Å². The van der Waals surface area contributed by atoms with Gasteiger partial charge in [-0.1, -0.05) is 12.1 Å². The normalized spacial score (nSPS) is 15.5. The van der Waals surface area contributed by atoms with Crippen LogP contribution in [0.25, 0.3) is 0 Å². The summed E-state index contributed by atoms with van der Waals surface area (Å²) in [6, 6.07) is 14.1. The number of β-amino-alcohol motifs (C(OH)–C–C–N with tert-alkyl or cyclic N) is 1. The number of ether oxygens (including phenoxy) is 2. The highest BCUT2D eigenvalue weighted by atomic mass is 19.1. The number of amides is 1. The number of nitrogens with zero attached hydrogens (tertiary/aromatic N) is 3. The number of anilines is 5. The number of nitrogens with one attached hydrogen (secondary N) is 3. The molecule has 1 aliphatic heterocycles. The summed E-state index contributed by atoms with van der Waals surface area (Å²) < 4.78 is 25.0. The molecule has 1 aromatic heterocycles. The first-order valence-corrected chi connectivity index (χ1v) is 12.2. The molecule has 0 unspecified atom stereocenters. The molecule has 10 nitrogen and oxygen atoms in total. The minimum atomic E-state index is -0.623. The predicted octanol–water partition coefficient (Wildman–Crippen LogP) is 3.69. The summed E-state index contributed by atoms with van der Waals surface area (Å²) in [5.41, 5.74) is 1.79. The Bertz CT molecular complexity index is 1240. The van der Waals surface area contributed by atoms with Gasteiger partial charge in [0.2, 0.25) is 11.9 Å². The van der Waals surface area contributed by atoms with Gasteiger partial charge in [-0.25, -0.2) is 9.37 Å². The molecule has 2 heterocycles. The van der Waals surface area contributed by atoms with Gasteiger partial charge in [-0.15, -0.1) is 0 Å². The smallest absolute Gasteiger partial charge is 0.248 e. The van der Waals surface area contributed by atoms with E-state index < -0.39 is 5.82 Å². The van der Waals surface area contributed by atoms with Gasteiger partial charge < -0.3 is 30.5 Å². The molecule has 1 atom stereocenters. The minimum absolute atomic E-state index is 0.0156. The predicted molar refractivity (Wildman–Crippen MR) is 144 cm³/mol. The van der Waals surface area contributed by atoms with E-state index in [4.69, 9.17) is 9.47 Å². The molecule has 38 heavy (non-hydrogen) atoms. The van der Waals surface area contributed by atoms with Crippen LogP contribution in [0.3, 0.4) is 0 Å². The summed E-state index contributed by atoms with van der Waals surface area (Å²) in [7, 11) is 1.61. The molecule has 0 aliphatic carbocycles. The molecule has 1 aliphatic rings. The summed E-state index contributed by atoms with van der Waals surface area (Å²) in [6.45, 7) is 2.98. The number of likely N-dealkylation sites (tertiary alicyclic amines) is 1. The zero-order chi connectivity index (χ0) is 26.7. The van der Waals surface area contributed by atoms with Gasteiger partial charge in [0.1, 0.15) is 12.4 Å². The zero-order valence-corrected chi connectivity index (χ0v) is 21.1. The van der Waals surface area contributed by atoms with Crippen molar-refractivity contribution in [2.24, 2.45) is 0 Å². The minimum Gasteiger partial charge on any atom is -0.491 e. The maximum Gasteiger partial charge on any atom is 0.248 e. The zero-order valence-electron chi connectivity index (χ0n) is 21.1. The van der Waals surface area contributed by atoms with Crippen LogP contribution in [0.15, 0.2) is 66.9 Å². The summed E-state index contributed by atoms with van der Waals surface area (Å²) in [5.74, 6) is -0.0114. The highest BCUT2D eigenvalue weighted by Crippen LogP contribution is 2.23. The molecule has 11 heteroatoms. The lowest BCUT2D eigenvalue weighted by molar-refractivity contribution is -0.111. The topological polar surface area (TPSA) is 121 Å². The SMILES string of the molecule is COCCOc1ccc(Nc2ncc(F)c(Nc3cccc(NC(=O)C=CCN4CC[C@H](O)C4)c3)n2)cc1. The van der Waals surface area contributed by atoms with Crippen molar-refractivity contribution in [3.8, 4) is 5.75 Å². The van der Waals surface area contributed by atoms with Crippen LogP contribution in [0.5, 0.6) is 5.75 Å². The average molecular weight is 523 g/mol. The second kappa shape index (κ2) is 13.5. The third-order valence-corrected chi connectivity index (χ3v) is 5.68. The van der Waals surface area contributed by atoms with Crippen molar-refractivity contribution in [2.75, 3.05) is 55.9 Å². The highest BCUT2D eigenvalue weighted by molar-refractivity contribution is 5.99. The van der Waals surface area contributed by atoms with Crippen LogP contribution in [0.2, 0.25) is 0 Å². The summed E-state index contributed by atoms with van der Waals surface area (Å²) in [6.07, 6.45) is 4.77. The van der Waals surface area contributed by atoms with E-state index in [0.717, 1.165) is 19.2 Å². The molecule has 4 rings (SSSR count). The molecule has 0 radical (unpaired) electrons. The number of aliphatic hydroxyl groups is 1. The Hall–Kier alpha value is -4.06. The first-order valence-electron chi connectivity index (χ1n) is 12.2. The Balaban J connectivity index is 1.33. The standard InChI is InChI=1S/C27H31FN6O4/c1-37-14-15-38-23-9-7-19(8-10-23)32-27-29-17-24(28)26(33-27)31-21-5-2-4-20(16-21)30-25(36)6-3-12-34-13-11-22(35)18-34/h2-10,16-17,22,35H,11-15,18H2,1H3,(H,30,36)(H2,29,31,32,33)/t22-/m0/s1. The van der Waals surface area contributed by atoms with E-state index in [1.807, 2.05) is 0 Å². The number of halogens is 1. The van der Waals surface area contributed by atoms with Crippen molar-refractivity contribution in [3.63, 3.8) is 0 Å². The number of rotatable bonds is 12. The number of hydrogen-bond acceptors (Lipinski definition) is 9. The van der Waals surface area contributed by atoms with E-state index in [9.17, 15) is 14.3 Å². The van der Waals surface area contributed by atoms with Crippen LogP contribution in [0, 0.1) is 5.82 Å². The Morgan fingerprint density at radius 1 is 1.16 bits per heavy atom. The molecular weight excluding hydrogens is 491 g/mol. The molecule has 0 spiro atoms. The fourth-order valence-corrected chi connectivity index (χ4v) is 3.80. The molecule has 2 aromatic carbocycles. The third kappa shape index (κ3) is 8.23. The molecule has 200 valence electrons. The Kier molecular flexibility index (Phi) is 9.57. The van der Waals surface area contributed by atoms with Crippen LogP contribution in [0.4, 0.5) is 33.2 Å². The van der Waals surface area contributed by atoms with Crippen LogP contribution < -0.4 is 20.7 Å². The summed E-state index contributed by atoms with van der Waals surface area (Å²) in [4.78, 5) is 22.6. The Labute approximate surface area is 220 Å². The second-order valence-corrected chi connectivity index (χ2v) is 8.68. The molecule has 1 amide bonds. The quantitative estimate of drug-likeness (QED) is 0.208. The van der Waals surface area contributed by atoms with Gasteiger partial charge in [-0.3, -0.25) is 9.69 Å². The van der Waals surface area contributed by atoms with E-state index in [2.05, 4.69) is 30.8 Å². The van der Waals surface area contributed by atoms with Crippen molar-refractivity contribution in [1.29, 1.82) is 0 Å². The maximum absolute atomic E-state index is 14.5. The van der Waals surface area contributed by atoms with Gasteiger partial charge in [-0.2, -0.15) is 4.98 Å². The van der Waals surface area contributed by atoms with Crippen LogP contribution in [0.1, 0.15) is 6.42 Å². The van der Waals surface area contributed by atoms with Gasteiger partial charge >= 0.3 is 0 Å². The number of carbonyl (C=O) groups excluding carboxylic acids is 1. The number of methoxy groups -OCH3 is 1. The van der Waals surface area contributed by atoms with Gasteiger partial charge in [0.25, 0.3) is 0 Å². The fourth-order valence-electron chi connectivity index (χ4n) is 3.80. The lowest BCUT2D eigenvalue weighted by atomic mass is 10.2. The van der Waals surface area contributed by atoms with Crippen LogP contribution in [-0.4, -0.2) is 71.9 Å². The van der Waals surface area contributed by atoms with Gasteiger partial charge in [0.05, 0.1) is 18.9 Å². The molecule has 0 bridgehead atoms. The number of carbonyl (C=O) groups is 1. The Morgan fingerprint density at radius 2 is 1.97 bits per heavy atom. The van der Waals surface area contributed by atoms with E-state index in [-0.39, 0.29) is 23.8 Å². The fraction of sp³-hybridized carbons (Fsp3) is 0.296. The first kappa shape index (κ1) is 27.0. The third-order valence-electron chi connectivity index (χ3n) is 5.68. The average Bonchev–Trinajstić information content (AvgIpc) is 3.32. The van der Waals surface area contributed by atoms with Crippen LogP contribution in [-0.2, 0) is 9.53 Å². The number of hydrogen-bond donors (Lipinski definition) is 4. The molecular formula is C27H31FN6O4. The molecule has 4 N–H and O–H groups in total. The number of aliphatic hydroxyl groups excluding tert-OH is 1. The molecule has 1 saturated heterocycles. The van der Waals surface area contributed by atoms with E-state index >= 15 is 0 Å². The van der Waals surface area contributed by atoms with Crippen molar-refractivity contribution >= 4 is 34.7 Å². The van der Waals surface area contributed by atoms with Gasteiger partial charge in [0, 0.05) is 49.9 Å². The highest BCUT2D eigenvalue weighted by Gasteiger charge is 2.18. The Morgan fingerprint density at radius 3 is 2.74 bits per heavy atom. The maximum atomic E-state index is 14.5. The van der Waals surface area contributed by atoms with Gasteiger partial charge in [-0.05, 0) is 48.9 Å². The van der Waals surface area contributed by atoms with E-state index in [1.54, 1.807) is 61.7 Å².